The Labute approximate surface area is 295 Å². The van der Waals surface area contributed by atoms with Crippen molar-refractivity contribution in [1.29, 1.82) is 0 Å². The maximum absolute atomic E-state index is 6.65. The molecule has 1 aliphatic heterocycles. The second-order valence-corrected chi connectivity index (χ2v) is 13.3. The van der Waals surface area contributed by atoms with Crippen LogP contribution in [0.15, 0.2) is 72.8 Å². The third-order valence-electron chi connectivity index (χ3n) is 8.60. The molecule has 6 rings (SSSR count). The summed E-state index contributed by atoms with van der Waals surface area (Å²) in [6.45, 7) is 7.31. The molecule has 6 nitrogen and oxygen atoms in total. The minimum atomic E-state index is 0.266. The third-order valence-corrected chi connectivity index (χ3v) is 9.13. The fourth-order valence-corrected chi connectivity index (χ4v) is 6.74. The van der Waals surface area contributed by atoms with Crippen LogP contribution in [0, 0.1) is 0 Å². The van der Waals surface area contributed by atoms with Crippen LogP contribution >= 0.6 is 24.4 Å². The van der Waals surface area contributed by atoms with Crippen molar-refractivity contribution in [3.63, 3.8) is 0 Å². The van der Waals surface area contributed by atoms with Crippen molar-refractivity contribution in [3.05, 3.63) is 117 Å². The highest BCUT2D eigenvalue weighted by Crippen LogP contribution is 2.39. The van der Waals surface area contributed by atoms with Crippen molar-refractivity contribution in [2.75, 3.05) is 39.5 Å². The molecular formula is C40H44N2O4S2. The SMILES string of the molecule is CCCOc1c2cccc1Cc1cccc3c1OCC(=S)NCCNC(=S)COc1c(cccc1Cc1cccc(c1OCCC)C3)C2. The number of nitrogens with one attached hydrogen (secondary N) is 2. The Morgan fingerprint density at radius 3 is 1.15 bits per heavy atom. The van der Waals surface area contributed by atoms with Crippen LogP contribution in [0.2, 0.25) is 0 Å². The molecule has 4 aromatic carbocycles. The predicted octanol–water partition coefficient (Wildman–Crippen LogP) is 7.55. The summed E-state index contributed by atoms with van der Waals surface area (Å²) in [5.41, 5.74) is 8.82. The van der Waals surface area contributed by atoms with Crippen LogP contribution in [0.4, 0.5) is 0 Å². The van der Waals surface area contributed by atoms with E-state index in [1.54, 1.807) is 0 Å². The summed E-state index contributed by atoms with van der Waals surface area (Å²) in [6.07, 6.45) is 4.43. The van der Waals surface area contributed by atoms with E-state index in [-0.39, 0.29) is 13.2 Å². The molecule has 250 valence electrons. The molecule has 1 aliphatic carbocycles. The first-order valence-corrected chi connectivity index (χ1v) is 17.8. The average molecular weight is 681 g/mol. The van der Waals surface area contributed by atoms with Gasteiger partial charge in [0.15, 0.2) is 0 Å². The van der Waals surface area contributed by atoms with Gasteiger partial charge in [0.05, 0.1) is 13.2 Å². The number of thiocarbonyl (C=S) groups is 2. The van der Waals surface area contributed by atoms with Crippen LogP contribution in [-0.2, 0) is 25.7 Å². The molecule has 10 bridgehead atoms. The quantitative estimate of drug-likeness (QED) is 0.179. The lowest BCUT2D eigenvalue weighted by atomic mass is 9.91. The second kappa shape index (κ2) is 16.3. The molecule has 2 aliphatic rings. The van der Waals surface area contributed by atoms with Gasteiger partial charge in [-0.15, -0.1) is 0 Å². The number of ether oxygens (including phenoxy) is 4. The molecule has 0 amide bonds. The molecule has 48 heavy (non-hydrogen) atoms. The van der Waals surface area contributed by atoms with Crippen molar-refractivity contribution in [2.45, 2.75) is 52.4 Å². The summed E-state index contributed by atoms with van der Waals surface area (Å²) in [6, 6.07) is 25.8. The maximum Gasteiger partial charge on any atom is 0.138 e. The first-order chi connectivity index (χ1) is 23.5. The van der Waals surface area contributed by atoms with Gasteiger partial charge in [0.2, 0.25) is 0 Å². The minimum Gasteiger partial charge on any atom is -0.493 e. The van der Waals surface area contributed by atoms with Gasteiger partial charge in [0, 0.05) is 38.8 Å². The zero-order chi connectivity index (χ0) is 33.3. The van der Waals surface area contributed by atoms with Crippen molar-refractivity contribution in [1.82, 2.24) is 10.6 Å². The lowest BCUT2D eigenvalue weighted by Crippen LogP contribution is -2.37. The van der Waals surface area contributed by atoms with Crippen molar-refractivity contribution in [3.8, 4) is 23.0 Å². The van der Waals surface area contributed by atoms with E-state index in [1.165, 1.54) is 0 Å². The fourth-order valence-electron chi connectivity index (χ4n) is 6.42. The highest BCUT2D eigenvalue weighted by atomic mass is 32.1. The zero-order valence-electron chi connectivity index (χ0n) is 27.9. The van der Waals surface area contributed by atoms with Crippen LogP contribution in [0.25, 0.3) is 0 Å². The molecule has 1 heterocycles. The van der Waals surface area contributed by atoms with Gasteiger partial charge in [-0.3, -0.25) is 0 Å². The summed E-state index contributed by atoms with van der Waals surface area (Å²) in [5.74, 6) is 3.55. The van der Waals surface area contributed by atoms with E-state index in [1.807, 2.05) is 0 Å². The first kappa shape index (κ1) is 33.7. The van der Waals surface area contributed by atoms with Gasteiger partial charge >= 0.3 is 0 Å². The van der Waals surface area contributed by atoms with Crippen LogP contribution < -0.4 is 29.6 Å². The average Bonchev–Trinajstić information content (AvgIpc) is 3.08. The maximum atomic E-state index is 6.65. The van der Waals surface area contributed by atoms with Crippen molar-refractivity contribution in [2.24, 2.45) is 0 Å². The Morgan fingerprint density at radius 2 is 0.833 bits per heavy atom. The summed E-state index contributed by atoms with van der Waals surface area (Å²) >= 11 is 11.4. The lowest BCUT2D eigenvalue weighted by molar-refractivity contribution is 0.311. The van der Waals surface area contributed by atoms with Gasteiger partial charge in [-0.1, -0.05) is 111 Å². The van der Waals surface area contributed by atoms with Crippen LogP contribution in [0.3, 0.4) is 0 Å². The molecule has 8 heteroatoms. The molecule has 0 saturated carbocycles. The van der Waals surface area contributed by atoms with E-state index in [4.69, 9.17) is 43.4 Å². The van der Waals surface area contributed by atoms with E-state index < -0.39 is 0 Å². The molecule has 0 atom stereocenters. The molecule has 0 radical (unpaired) electrons. The van der Waals surface area contributed by atoms with E-state index in [0.29, 0.717) is 62.0 Å². The van der Waals surface area contributed by atoms with E-state index in [0.717, 1.165) is 80.3 Å². The Kier molecular flexibility index (Phi) is 11.5. The number of hydrogen-bond acceptors (Lipinski definition) is 6. The fraction of sp³-hybridized carbons (Fsp3) is 0.350. The predicted molar refractivity (Wildman–Crippen MR) is 201 cm³/mol. The summed E-state index contributed by atoms with van der Waals surface area (Å²) in [4.78, 5) is 1.27. The van der Waals surface area contributed by atoms with Gasteiger partial charge in [0.1, 0.15) is 46.2 Å². The van der Waals surface area contributed by atoms with Crippen molar-refractivity contribution >= 4 is 34.4 Å². The van der Waals surface area contributed by atoms with E-state index in [2.05, 4.69) is 97.3 Å². The number of rotatable bonds is 6. The van der Waals surface area contributed by atoms with Gasteiger partial charge in [-0.25, -0.2) is 0 Å². The number of fused-ring (bicyclic) bond motifs is 2. The molecule has 0 unspecified atom stereocenters. The van der Waals surface area contributed by atoms with E-state index in [9.17, 15) is 0 Å². The molecular weight excluding hydrogens is 637 g/mol. The first-order valence-electron chi connectivity index (χ1n) is 17.0. The molecule has 0 aromatic heterocycles. The second-order valence-electron chi connectivity index (χ2n) is 12.3. The van der Waals surface area contributed by atoms with Gasteiger partial charge in [-0.2, -0.15) is 0 Å². The molecule has 0 spiro atoms. The molecule has 0 saturated heterocycles. The Bertz CT molecular complexity index is 1560. The standard InChI is InChI=1S/C40H44N2O4S2/c1-3-19-43-37-27-9-5-10-28(37)22-32-14-8-16-34-24-30-12-6-11-29(38(30)44-20-4-2)23-33-15-7-13-31(21-27)39(33)45-25-35(47)41-17-18-42-36(48)26-46-40(32)34/h5-16H,3-4,17-26H2,1-2H3,(H,41,47)(H,42,48). The zero-order valence-corrected chi connectivity index (χ0v) is 29.5. The Balaban J connectivity index is 1.60. The molecule has 0 fully saturated rings. The Hall–Kier alpha value is -4.14. The Morgan fingerprint density at radius 1 is 0.521 bits per heavy atom. The normalized spacial score (nSPS) is 14.9. The summed E-state index contributed by atoms with van der Waals surface area (Å²) < 4.78 is 26.4. The van der Waals surface area contributed by atoms with Crippen LogP contribution in [0.1, 0.15) is 71.2 Å². The molecule has 2 N–H and O–H groups in total. The summed E-state index contributed by atoms with van der Waals surface area (Å²) in [5, 5.41) is 6.65. The highest BCUT2D eigenvalue weighted by Gasteiger charge is 2.22. The monoisotopic (exact) mass is 680 g/mol. The number of para-hydroxylation sites is 4. The topological polar surface area (TPSA) is 61.0 Å². The van der Waals surface area contributed by atoms with Gasteiger partial charge < -0.3 is 29.6 Å². The van der Waals surface area contributed by atoms with Gasteiger partial charge in [-0.05, 0) is 57.3 Å². The van der Waals surface area contributed by atoms with Crippen LogP contribution in [-0.4, -0.2) is 49.5 Å². The smallest absolute Gasteiger partial charge is 0.138 e. The minimum absolute atomic E-state index is 0.266. The third kappa shape index (κ3) is 8.10. The number of benzene rings is 4. The largest absolute Gasteiger partial charge is 0.493 e. The summed E-state index contributed by atoms with van der Waals surface area (Å²) in [7, 11) is 0. The van der Waals surface area contributed by atoms with Gasteiger partial charge in [0.25, 0.3) is 0 Å². The number of hydrogen-bond donors (Lipinski definition) is 2. The van der Waals surface area contributed by atoms with E-state index >= 15 is 0 Å². The highest BCUT2D eigenvalue weighted by molar-refractivity contribution is 7.80. The molecule has 4 aromatic rings. The van der Waals surface area contributed by atoms with Crippen LogP contribution in [0.5, 0.6) is 23.0 Å². The lowest BCUT2D eigenvalue weighted by Gasteiger charge is -2.22. The van der Waals surface area contributed by atoms with Crippen molar-refractivity contribution < 1.29 is 18.9 Å².